The molecule has 2 aromatic rings. The Morgan fingerprint density at radius 3 is 1.11 bits per heavy atom. The number of benzene rings is 2. The minimum atomic E-state index is -6.36. The van der Waals surface area contributed by atoms with E-state index in [1.165, 1.54) is 0 Å². The normalized spacial score (nSPS) is 16.2. The summed E-state index contributed by atoms with van der Waals surface area (Å²) in [5, 5.41) is -4.33. The van der Waals surface area contributed by atoms with Crippen LogP contribution in [0.5, 0.6) is 0 Å². The molecular weight excluding hydrogens is 834 g/mol. The van der Waals surface area contributed by atoms with E-state index in [1.807, 2.05) is 0 Å². The Kier molecular flexibility index (Phi) is 10.6. The highest BCUT2D eigenvalue weighted by Crippen LogP contribution is 2.48. The van der Waals surface area contributed by atoms with Crippen molar-refractivity contribution in [2.75, 3.05) is 0 Å². The Morgan fingerprint density at radius 1 is 0.591 bits per heavy atom. The molecule has 0 aromatic heterocycles. The minimum absolute atomic E-state index is 0.362. The van der Waals surface area contributed by atoms with E-state index in [1.54, 1.807) is 0 Å². The van der Waals surface area contributed by atoms with Crippen LogP contribution in [0.2, 0.25) is 40.2 Å². The summed E-state index contributed by atoms with van der Waals surface area (Å²) in [6.07, 6.45) is 0. The van der Waals surface area contributed by atoms with Gasteiger partial charge in [-0.05, 0) is 10.4 Å². The van der Waals surface area contributed by atoms with Crippen LogP contribution in [0, 0.1) is 0 Å². The van der Waals surface area contributed by atoms with Gasteiger partial charge in [0.05, 0.1) is 62.4 Å². The molecule has 0 radical (unpaired) electrons. The molecule has 10 nitrogen and oxygen atoms in total. The van der Waals surface area contributed by atoms with Crippen LogP contribution in [0.4, 0.5) is 26.3 Å². The molecule has 4 rings (SSSR count). The number of hydrogen-bond acceptors (Lipinski definition) is 7. The molecule has 2 aliphatic rings. The predicted molar refractivity (Wildman–Crippen MR) is 147 cm³/mol. The van der Waals surface area contributed by atoms with E-state index < -0.39 is 113 Å². The molecule has 26 heteroatoms. The van der Waals surface area contributed by atoms with E-state index in [4.69, 9.17) is 97.4 Å². The minimum Gasteiger partial charge on any atom is -0.281 e. The number of amides is 4. The fourth-order valence-electron chi connectivity index (χ4n) is 3.20. The standard InChI is InChI=1S/C9H2Cl4F3NO4S.C9Cl4F3NO4S/c10-3-1-2(4(11)6(13)5(3)12)8(19)17(7(1)18)22(20,21)9(14,15)16;10-3-1-2(4(11)6(13)5(3)12)8(19)17(7(1)18)21-22(20)9(14,15)16/h22H,(H,20,21);. The first-order valence-corrected chi connectivity index (χ1v) is 15.6. The highest BCUT2D eigenvalue weighted by Gasteiger charge is 2.55. The van der Waals surface area contributed by atoms with E-state index in [-0.39, 0.29) is 15.1 Å². The molecule has 0 spiro atoms. The Bertz CT molecular complexity index is 1680. The molecule has 4 amide bonds. The van der Waals surface area contributed by atoms with Crippen molar-refractivity contribution in [2.24, 2.45) is 0 Å². The molecule has 0 saturated heterocycles. The Labute approximate surface area is 281 Å². The lowest BCUT2D eigenvalue weighted by Crippen LogP contribution is -2.49. The van der Waals surface area contributed by atoms with Crippen LogP contribution >= 0.6 is 92.8 Å². The summed E-state index contributed by atoms with van der Waals surface area (Å²) in [5.41, 5.74) is -13.9. The van der Waals surface area contributed by atoms with E-state index in [0.29, 0.717) is 0 Å². The summed E-state index contributed by atoms with van der Waals surface area (Å²) in [6, 6.07) is 0. The van der Waals surface area contributed by atoms with Crippen LogP contribution in [-0.2, 0) is 25.8 Å². The average molecular weight is 836 g/mol. The number of alkyl halides is 6. The quantitative estimate of drug-likeness (QED) is 0.105. The Hall–Kier alpha value is -1.16. The second-order valence-corrected chi connectivity index (χ2v) is 13.7. The Morgan fingerprint density at radius 2 is 0.864 bits per heavy atom. The predicted octanol–water partition coefficient (Wildman–Crippen LogP) is 7.83. The van der Waals surface area contributed by atoms with Gasteiger partial charge in [0, 0.05) is 0 Å². The summed E-state index contributed by atoms with van der Waals surface area (Å²) < 4.78 is 109. The van der Waals surface area contributed by atoms with Crippen molar-refractivity contribution in [3.05, 3.63) is 62.4 Å². The zero-order valence-corrected chi connectivity index (χ0v) is 27.1. The first-order valence-electron chi connectivity index (χ1n) is 9.88. The third-order valence-electron chi connectivity index (χ3n) is 5.08. The average Bonchev–Trinajstić information content (AvgIpc) is 3.31. The molecule has 2 aromatic carbocycles. The maximum Gasteiger partial charge on any atom is 0.507 e. The van der Waals surface area contributed by atoms with Crippen molar-refractivity contribution < 1.29 is 62.8 Å². The van der Waals surface area contributed by atoms with E-state index in [9.17, 15) is 53.9 Å². The molecule has 242 valence electrons. The lowest BCUT2D eigenvalue weighted by atomic mass is 10.1. The van der Waals surface area contributed by atoms with Crippen LogP contribution in [0.25, 0.3) is 0 Å². The summed E-state index contributed by atoms with van der Waals surface area (Å²) in [7, 11) is -6.36. The van der Waals surface area contributed by atoms with E-state index in [0.717, 1.165) is 0 Å². The van der Waals surface area contributed by atoms with Crippen molar-refractivity contribution >= 4 is 138 Å². The van der Waals surface area contributed by atoms with Crippen molar-refractivity contribution in [3.8, 4) is 0 Å². The number of halogens is 14. The fraction of sp³-hybridized carbons (Fsp3) is 0.111. The van der Waals surface area contributed by atoms with Crippen molar-refractivity contribution in [1.29, 1.82) is 0 Å². The molecular formula is C18H2Cl8F6N2O8S2. The number of carbonyl (C=O) groups is 4. The second kappa shape index (κ2) is 12.5. The molecule has 2 aliphatic heterocycles. The number of imide groups is 2. The smallest absolute Gasteiger partial charge is 0.281 e. The number of rotatable bonds is 3. The van der Waals surface area contributed by atoms with Gasteiger partial charge in [-0.2, -0.15) is 39.1 Å². The van der Waals surface area contributed by atoms with Gasteiger partial charge >= 0.3 is 11.0 Å². The van der Waals surface area contributed by atoms with Gasteiger partial charge in [-0.3, -0.25) is 23.7 Å². The lowest BCUT2D eigenvalue weighted by molar-refractivity contribution is -0.0658. The fourth-order valence-corrected chi connectivity index (χ4v) is 6.51. The molecule has 1 unspecified atom stereocenters. The highest BCUT2D eigenvalue weighted by molar-refractivity contribution is 7.97. The molecule has 0 aliphatic carbocycles. The maximum absolute atomic E-state index is 12.6. The van der Waals surface area contributed by atoms with Gasteiger partial charge in [-0.1, -0.05) is 92.8 Å². The van der Waals surface area contributed by atoms with Gasteiger partial charge < -0.3 is 0 Å². The topological polar surface area (TPSA) is 138 Å². The number of thiol groups is 1. The number of hydrogen-bond donors (Lipinski definition) is 2. The third-order valence-corrected chi connectivity index (χ3v) is 10.9. The summed E-state index contributed by atoms with van der Waals surface area (Å²) in [4.78, 5) is 47.8. The SMILES string of the molecule is O=C1c2c(Cl)c(Cl)c(Cl)c(Cl)c2C(=O)N1OS(=O)C(F)(F)F.O=C1c2c(Cl)c(Cl)c(Cl)c(Cl)c2C(=O)N1[SH](=O)(O)C(F)(F)F. The summed E-state index contributed by atoms with van der Waals surface area (Å²) >= 11 is 41.6. The van der Waals surface area contributed by atoms with Gasteiger partial charge in [0.2, 0.25) is 0 Å². The van der Waals surface area contributed by atoms with Crippen molar-refractivity contribution in [2.45, 2.75) is 11.0 Å². The Balaban J connectivity index is 0.000000240. The van der Waals surface area contributed by atoms with Crippen LogP contribution in [0.1, 0.15) is 41.4 Å². The number of nitrogens with zero attached hydrogens (tertiary/aromatic N) is 2. The molecule has 2 heterocycles. The molecule has 0 fully saturated rings. The van der Waals surface area contributed by atoms with Gasteiger partial charge in [-0.25, -0.2) is 4.21 Å². The molecule has 1 N–H and O–H groups in total. The number of hydroxylamine groups is 2. The molecule has 0 saturated carbocycles. The van der Waals surface area contributed by atoms with Gasteiger partial charge in [-0.15, -0.1) is 5.06 Å². The van der Waals surface area contributed by atoms with Gasteiger partial charge in [0.1, 0.15) is 0 Å². The van der Waals surface area contributed by atoms with Crippen LogP contribution in [0.3, 0.4) is 0 Å². The van der Waals surface area contributed by atoms with Gasteiger partial charge in [0.25, 0.3) is 34.7 Å². The second-order valence-electron chi connectivity index (χ2n) is 7.61. The monoisotopic (exact) mass is 832 g/mol. The highest BCUT2D eigenvalue weighted by atomic mass is 35.5. The van der Waals surface area contributed by atoms with E-state index >= 15 is 0 Å². The lowest BCUT2D eigenvalue weighted by Gasteiger charge is -2.32. The van der Waals surface area contributed by atoms with Crippen LogP contribution in [-0.4, -0.2) is 57.0 Å². The molecule has 1 atom stereocenters. The first-order chi connectivity index (χ1) is 19.8. The number of carbonyl (C=O) groups excluding carboxylic acids is 4. The summed E-state index contributed by atoms with van der Waals surface area (Å²) in [5.74, 6) is -6.28. The van der Waals surface area contributed by atoms with Gasteiger partial charge in [0.15, 0.2) is 0 Å². The van der Waals surface area contributed by atoms with E-state index in [2.05, 4.69) is 4.28 Å². The van der Waals surface area contributed by atoms with Crippen molar-refractivity contribution in [1.82, 2.24) is 9.37 Å². The first kappa shape index (κ1) is 37.3. The zero-order chi connectivity index (χ0) is 34.2. The molecule has 0 bridgehead atoms. The largest absolute Gasteiger partial charge is 0.507 e. The zero-order valence-electron chi connectivity index (χ0n) is 19.3. The number of fused-ring (bicyclic) bond motifs is 2. The van der Waals surface area contributed by atoms with Crippen LogP contribution in [0.15, 0.2) is 0 Å². The maximum atomic E-state index is 12.6. The summed E-state index contributed by atoms with van der Waals surface area (Å²) in [6.45, 7) is 0. The van der Waals surface area contributed by atoms with Crippen LogP contribution < -0.4 is 0 Å². The molecule has 44 heavy (non-hydrogen) atoms. The van der Waals surface area contributed by atoms with Crippen molar-refractivity contribution in [3.63, 3.8) is 0 Å². The third kappa shape index (κ3) is 6.01.